The number of carbonyl (C=O) groups excluding carboxylic acids is 1. The van der Waals surface area contributed by atoms with Crippen molar-refractivity contribution in [1.29, 1.82) is 0 Å². The Bertz CT molecular complexity index is 320. The van der Waals surface area contributed by atoms with Crippen LogP contribution in [0.15, 0.2) is 11.8 Å². The molecule has 2 aliphatic rings. The number of hydrogen-bond acceptors (Lipinski definition) is 4. The summed E-state index contributed by atoms with van der Waals surface area (Å²) >= 11 is 0. The fourth-order valence-electron chi connectivity index (χ4n) is 1.88. The van der Waals surface area contributed by atoms with E-state index in [9.17, 15) is 4.79 Å². The Morgan fingerprint density at radius 1 is 1.56 bits per heavy atom. The summed E-state index contributed by atoms with van der Waals surface area (Å²) in [7, 11) is 0. The van der Waals surface area contributed by atoms with Gasteiger partial charge in [-0.15, -0.1) is 0 Å². The first kappa shape index (κ1) is 11.4. The highest BCUT2D eigenvalue weighted by atomic mass is 16.6. The average molecular weight is 225 g/mol. The zero-order chi connectivity index (χ0) is 11.8. The van der Waals surface area contributed by atoms with Gasteiger partial charge in [0.05, 0.1) is 0 Å². The second-order valence-electron chi connectivity index (χ2n) is 5.22. The van der Waals surface area contributed by atoms with Gasteiger partial charge in [-0.2, -0.15) is 0 Å². The number of fused-ring (bicyclic) bond motifs is 1. The van der Waals surface area contributed by atoms with Crippen molar-refractivity contribution in [2.45, 2.75) is 38.8 Å². The molecule has 2 rings (SSSR count). The van der Waals surface area contributed by atoms with Crippen LogP contribution in [0.4, 0.5) is 4.79 Å². The van der Waals surface area contributed by atoms with Crippen molar-refractivity contribution in [3.8, 4) is 0 Å². The molecule has 5 heteroatoms. The summed E-state index contributed by atoms with van der Waals surface area (Å²) < 4.78 is 5.33. The summed E-state index contributed by atoms with van der Waals surface area (Å²) in [5.41, 5.74) is 7.03. The van der Waals surface area contributed by atoms with Crippen LogP contribution in [-0.2, 0) is 4.74 Å². The van der Waals surface area contributed by atoms with Crippen molar-refractivity contribution >= 4 is 6.09 Å². The van der Waals surface area contributed by atoms with Crippen LogP contribution in [0.5, 0.6) is 0 Å². The Kier molecular flexibility index (Phi) is 2.90. The molecule has 0 saturated carbocycles. The third-order valence-electron chi connectivity index (χ3n) is 2.62. The molecule has 0 aromatic rings. The first-order valence-corrected chi connectivity index (χ1v) is 5.64. The van der Waals surface area contributed by atoms with Crippen molar-refractivity contribution in [1.82, 2.24) is 15.8 Å². The van der Waals surface area contributed by atoms with Gasteiger partial charge in [-0.05, 0) is 32.8 Å². The Hall–Kier alpha value is -1.07. The number of hydrogen-bond donors (Lipinski definition) is 2. The molecule has 1 fully saturated rings. The monoisotopic (exact) mass is 225 g/mol. The van der Waals surface area contributed by atoms with Crippen LogP contribution in [0.3, 0.4) is 0 Å². The van der Waals surface area contributed by atoms with Crippen LogP contribution in [-0.4, -0.2) is 35.7 Å². The standard InChI is InChI=1S/C11H19N3O2/c1-11(2,3)16-10(15)14-5-4-9-8(7-14)6-12-13-9/h7,9,12-13H,4-6H2,1-3H3/t9-/m0/s1. The lowest BCUT2D eigenvalue weighted by Crippen LogP contribution is -2.40. The number of nitrogens with zero attached hydrogens (tertiary/aromatic N) is 1. The van der Waals surface area contributed by atoms with E-state index in [1.165, 1.54) is 5.57 Å². The Morgan fingerprint density at radius 2 is 2.31 bits per heavy atom. The maximum absolute atomic E-state index is 11.8. The second-order valence-corrected chi connectivity index (χ2v) is 5.22. The number of nitrogens with one attached hydrogen (secondary N) is 2. The van der Waals surface area contributed by atoms with Crippen molar-refractivity contribution in [2.75, 3.05) is 13.1 Å². The van der Waals surface area contributed by atoms with E-state index in [2.05, 4.69) is 10.9 Å². The van der Waals surface area contributed by atoms with Gasteiger partial charge in [0.2, 0.25) is 0 Å². The Balaban J connectivity index is 2.01. The summed E-state index contributed by atoms with van der Waals surface area (Å²) in [5, 5.41) is 0. The SMILES string of the molecule is CC(C)(C)OC(=O)N1C=C2CNN[C@H]2CC1. The van der Waals surface area contributed by atoms with Crippen LogP contribution < -0.4 is 10.9 Å². The molecule has 2 heterocycles. The minimum absolute atomic E-state index is 0.259. The third kappa shape index (κ3) is 2.54. The molecule has 1 amide bonds. The van der Waals surface area contributed by atoms with Gasteiger partial charge in [0, 0.05) is 25.3 Å². The zero-order valence-electron chi connectivity index (χ0n) is 10.0. The predicted octanol–water partition coefficient (Wildman–Crippen LogP) is 0.988. The molecule has 1 saturated heterocycles. The molecular formula is C11H19N3O2. The maximum Gasteiger partial charge on any atom is 0.414 e. The molecule has 1 atom stereocenters. The Labute approximate surface area is 95.8 Å². The van der Waals surface area contributed by atoms with E-state index >= 15 is 0 Å². The fourth-order valence-corrected chi connectivity index (χ4v) is 1.88. The quantitative estimate of drug-likeness (QED) is 0.645. The van der Waals surface area contributed by atoms with E-state index in [1.54, 1.807) is 4.90 Å². The fraction of sp³-hybridized carbons (Fsp3) is 0.727. The molecule has 90 valence electrons. The molecule has 0 spiro atoms. The second kappa shape index (κ2) is 4.07. The van der Waals surface area contributed by atoms with E-state index < -0.39 is 5.60 Å². The number of amides is 1. The minimum Gasteiger partial charge on any atom is -0.443 e. The molecular weight excluding hydrogens is 206 g/mol. The van der Waals surface area contributed by atoms with E-state index in [1.807, 2.05) is 27.0 Å². The minimum atomic E-state index is -0.432. The van der Waals surface area contributed by atoms with Gasteiger partial charge in [0.25, 0.3) is 0 Å². The lowest BCUT2D eigenvalue weighted by atomic mass is 10.0. The van der Waals surface area contributed by atoms with Crippen LogP contribution >= 0.6 is 0 Å². The van der Waals surface area contributed by atoms with Gasteiger partial charge in [-0.1, -0.05) is 0 Å². The lowest BCUT2D eigenvalue weighted by Gasteiger charge is -2.29. The molecule has 0 radical (unpaired) electrons. The predicted molar refractivity (Wildman–Crippen MR) is 60.6 cm³/mol. The number of carbonyl (C=O) groups is 1. The van der Waals surface area contributed by atoms with Crippen LogP contribution in [0.1, 0.15) is 27.2 Å². The van der Waals surface area contributed by atoms with Crippen molar-refractivity contribution < 1.29 is 9.53 Å². The highest BCUT2D eigenvalue weighted by Crippen LogP contribution is 2.19. The van der Waals surface area contributed by atoms with E-state index in [4.69, 9.17) is 4.74 Å². The van der Waals surface area contributed by atoms with Gasteiger partial charge >= 0.3 is 6.09 Å². The third-order valence-corrected chi connectivity index (χ3v) is 2.62. The van der Waals surface area contributed by atoms with Gasteiger partial charge in [-0.3, -0.25) is 15.8 Å². The van der Waals surface area contributed by atoms with Crippen molar-refractivity contribution in [3.63, 3.8) is 0 Å². The largest absolute Gasteiger partial charge is 0.443 e. The molecule has 2 N–H and O–H groups in total. The smallest absolute Gasteiger partial charge is 0.414 e. The molecule has 0 bridgehead atoms. The van der Waals surface area contributed by atoms with Crippen molar-refractivity contribution in [2.24, 2.45) is 0 Å². The summed E-state index contributed by atoms with van der Waals surface area (Å²) in [4.78, 5) is 13.5. The van der Waals surface area contributed by atoms with Crippen LogP contribution in [0, 0.1) is 0 Å². The zero-order valence-corrected chi connectivity index (χ0v) is 10.0. The van der Waals surface area contributed by atoms with Gasteiger partial charge in [-0.25, -0.2) is 4.79 Å². The molecule has 5 nitrogen and oxygen atoms in total. The first-order chi connectivity index (χ1) is 7.46. The van der Waals surface area contributed by atoms with Crippen LogP contribution in [0.2, 0.25) is 0 Å². The molecule has 16 heavy (non-hydrogen) atoms. The molecule has 0 aliphatic carbocycles. The van der Waals surface area contributed by atoms with Gasteiger partial charge in [0.1, 0.15) is 5.60 Å². The summed E-state index contributed by atoms with van der Waals surface area (Å²) in [5.74, 6) is 0. The van der Waals surface area contributed by atoms with Crippen LogP contribution in [0.25, 0.3) is 0 Å². The van der Waals surface area contributed by atoms with Gasteiger partial charge < -0.3 is 4.74 Å². The van der Waals surface area contributed by atoms with E-state index in [0.717, 1.165) is 13.0 Å². The molecule has 0 aromatic heterocycles. The normalized spacial score (nSPS) is 25.1. The number of ether oxygens (including phenoxy) is 1. The summed E-state index contributed by atoms with van der Waals surface area (Å²) in [6.45, 7) is 7.14. The molecule has 2 aliphatic heterocycles. The molecule has 0 aromatic carbocycles. The maximum atomic E-state index is 11.8. The van der Waals surface area contributed by atoms with Gasteiger partial charge in [0.15, 0.2) is 0 Å². The van der Waals surface area contributed by atoms with Crippen molar-refractivity contribution in [3.05, 3.63) is 11.8 Å². The van der Waals surface area contributed by atoms with E-state index in [-0.39, 0.29) is 6.09 Å². The topological polar surface area (TPSA) is 53.6 Å². The summed E-state index contributed by atoms with van der Waals surface area (Å²) in [6.07, 6.45) is 2.57. The number of hydrazine groups is 1. The number of rotatable bonds is 0. The average Bonchev–Trinajstić information content (AvgIpc) is 2.61. The van der Waals surface area contributed by atoms with E-state index in [0.29, 0.717) is 12.6 Å². The first-order valence-electron chi connectivity index (χ1n) is 5.64. The summed E-state index contributed by atoms with van der Waals surface area (Å²) in [6, 6.07) is 0.374. The molecule has 0 unspecified atom stereocenters. The Morgan fingerprint density at radius 3 is 3.00 bits per heavy atom. The lowest BCUT2D eigenvalue weighted by molar-refractivity contribution is 0.0321. The highest BCUT2D eigenvalue weighted by molar-refractivity contribution is 5.69. The highest BCUT2D eigenvalue weighted by Gasteiger charge is 2.29.